The Balaban J connectivity index is 2.91. The van der Waals surface area contributed by atoms with Crippen molar-refractivity contribution in [2.24, 2.45) is 5.73 Å². The molecule has 1 aromatic rings. The van der Waals surface area contributed by atoms with Crippen LogP contribution < -0.4 is 5.73 Å². The lowest BCUT2D eigenvalue weighted by Crippen LogP contribution is -2.18. The first-order valence-electron chi connectivity index (χ1n) is 6.01. The fourth-order valence-corrected chi connectivity index (χ4v) is 1.52. The zero-order valence-corrected chi connectivity index (χ0v) is 10.8. The molecule has 0 fully saturated rings. The highest BCUT2D eigenvalue weighted by Gasteiger charge is 2.16. The molecule has 18 heavy (non-hydrogen) atoms. The van der Waals surface area contributed by atoms with E-state index in [4.69, 9.17) is 15.2 Å². The summed E-state index contributed by atoms with van der Waals surface area (Å²) in [6.07, 6.45) is 0.408. The van der Waals surface area contributed by atoms with Crippen LogP contribution in [0.5, 0.6) is 0 Å². The summed E-state index contributed by atoms with van der Waals surface area (Å²) in [5.41, 5.74) is 7.12. The first-order valence-corrected chi connectivity index (χ1v) is 6.01. The number of ether oxygens (including phenoxy) is 2. The van der Waals surface area contributed by atoms with E-state index < -0.39 is 5.97 Å². The van der Waals surface area contributed by atoms with E-state index in [1.807, 2.05) is 37.3 Å². The molecule has 0 heterocycles. The van der Waals surface area contributed by atoms with Gasteiger partial charge >= 0.3 is 5.97 Å². The Bertz CT molecular complexity index is 412. The monoisotopic (exact) mass is 249 g/mol. The molecule has 0 bridgehead atoms. The quantitative estimate of drug-likeness (QED) is 0.476. The lowest BCUT2D eigenvalue weighted by atomic mass is 10.1. The SMILES string of the molecule is CCOC(=O)/C(Cc1ccccc1)=C(/N)OCC. The van der Waals surface area contributed by atoms with Crippen LogP contribution in [0.3, 0.4) is 0 Å². The standard InChI is InChI=1S/C14H19NO3/c1-3-17-13(15)12(14(16)18-4-2)10-11-8-6-5-7-9-11/h5-9H,3-4,10,15H2,1-2H3/b13-12-. The second kappa shape index (κ2) is 7.37. The minimum atomic E-state index is -0.424. The predicted molar refractivity (Wildman–Crippen MR) is 69.6 cm³/mol. The summed E-state index contributed by atoms with van der Waals surface area (Å²) in [7, 11) is 0. The molecule has 0 aliphatic rings. The number of rotatable bonds is 6. The van der Waals surface area contributed by atoms with Crippen molar-refractivity contribution >= 4 is 5.97 Å². The number of hydrogen-bond acceptors (Lipinski definition) is 4. The molecule has 1 aromatic carbocycles. The van der Waals surface area contributed by atoms with E-state index in [1.54, 1.807) is 6.92 Å². The maximum atomic E-state index is 11.8. The highest BCUT2D eigenvalue weighted by Crippen LogP contribution is 2.12. The van der Waals surface area contributed by atoms with Crippen LogP contribution in [0.1, 0.15) is 19.4 Å². The highest BCUT2D eigenvalue weighted by molar-refractivity contribution is 5.89. The predicted octanol–water partition coefficient (Wildman–Crippen LogP) is 2.00. The molecule has 0 saturated carbocycles. The van der Waals surface area contributed by atoms with Crippen molar-refractivity contribution in [2.75, 3.05) is 13.2 Å². The topological polar surface area (TPSA) is 61.5 Å². The van der Waals surface area contributed by atoms with Crippen LogP contribution in [0.15, 0.2) is 41.8 Å². The lowest BCUT2D eigenvalue weighted by Gasteiger charge is -2.11. The molecular weight excluding hydrogens is 230 g/mol. The van der Waals surface area contributed by atoms with Gasteiger partial charge in [0, 0.05) is 6.42 Å². The Labute approximate surface area is 107 Å². The third kappa shape index (κ3) is 4.13. The summed E-state index contributed by atoms with van der Waals surface area (Å²) in [5.74, 6) is -0.285. The van der Waals surface area contributed by atoms with Gasteiger partial charge in [0.15, 0.2) is 5.88 Å². The lowest BCUT2D eigenvalue weighted by molar-refractivity contribution is -0.138. The molecule has 0 aromatic heterocycles. The van der Waals surface area contributed by atoms with Gasteiger partial charge in [0.2, 0.25) is 0 Å². The number of nitrogens with two attached hydrogens (primary N) is 1. The van der Waals surface area contributed by atoms with Gasteiger partial charge < -0.3 is 15.2 Å². The maximum Gasteiger partial charge on any atom is 0.339 e. The summed E-state index contributed by atoms with van der Waals surface area (Å²) < 4.78 is 10.2. The Kier molecular flexibility index (Phi) is 5.77. The molecule has 0 amide bonds. The fraction of sp³-hybridized carbons (Fsp3) is 0.357. The summed E-state index contributed by atoms with van der Waals surface area (Å²) in [6.45, 7) is 4.31. The van der Waals surface area contributed by atoms with Gasteiger partial charge in [0.1, 0.15) is 5.57 Å². The van der Waals surface area contributed by atoms with Crippen LogP contribution in [-0.2, 0) is 20.7 Å². The van der Waals surface area contributed by atoms with Gasteiger partial charge in [-0.3, -0.25) is 0 Å². The van der Waals surface area contributed by atoms with Crippen LogP contribution in [0.2, 0.25) is 0 Å². The molecule has 4 heteroatoms. The number of carbonyl (C=O) groups is 1. The fourth-order valence-electron chi connectivity index (χ4n) is 1.52. The number of benzene rings is 1. The van der Waals surface area contributed by atoms with Gasteiger partial charge in [-0.1, -0.05) is 30.3 Å². The highest BCUT2D eigenvalue weighted by atomic mass is 16.5. The molecule has 1 rings (SSSR count). The van der Waals surface area contributed by atoms with Crippen LogP contribution in [0.25, 0.3) is 0 Å². The molecular formula is C14H19NO3. The minimum Gasteiger partial charge on any atom is -0.479 e. The normalized spacial score (nSPS) is 11.7. The Morgan fingerprint density at radius 3 is 2.28 bits per heavy atom. The summed E-state index contributed by atoms with van der Waals surface area (Å²) in [4.78, 5) is 11.8. The Hall–Kier alpha value is -1.97. The van der Waals surface area contributed by atoms with Gasteiger partial charge in [-0.15, -0.1) is 0 Å². The number of esters is 1. The van der Waals surface area contributed by atoms with E-state index >= 15 is 0 Å². The van der Waals surface area contributed by atoms with Gasteiger partial charge in [0.25, 0.3) is 0 Å². The van der Waals surface area contributed by atoms with E-state index in [2.05, 4.69) is 0 Å². The van der Waals surface area contributed by atoms with Crippen molar-refractivity contribution in [3.8, 4) is 0 Å². The van der Waals surface area contributed by atoms with Gasteiger partial charge in [0.05, 0.1) is 13.2 Å². The van der Waals surface area contributed by atoms with Crippen molar-refractivity contribution in [3.63, 3.8) is 0 Å². The second-order valence-corrected chi connectivity index (χ2v) is 3.66. The molecule has 0 aliphatic heterocycles. The third-order valence-electron chi connectivity index (χ3n) is 2.34. The van der Waals surface area contributed by atoms with E-state index in [1.165, 1.54) is 0 Å². The van der Waals surface area contributed by atoms with Gasteiger partial charge in [-0.25, -0.2) is 4.79 Å². The Morgan fingerprint density at radius 1 is 1.11 bits per heavy atom. The van der Waals surface area contributed by atoms with Gasteiger partial charge in [-0.2, -0.15) is 0 Å². The average molecular weight is 249 g/mol. The van der Waals surface area contributed by atoms with E-state index in [-0.39, 0.29) is 5.88 Å². The molecule has 0 atom stereocenters. The van der Waals surface area contributed by atoms with Crippen LogP contribution in [0.4, 0.5) is 0 Å². The molecule has 4 nitrogen and oxygen atoms in total. The van der Waals surface area contributed by atoms with Crippen molar-refractivity contribution in [1.29, 1.82) is 0 Å². The van der Waals surface area contributed by atoms with E-state index in [0.29, 0.717) is 25.2 Å². The van der Waals surface area contributed by atoms with E-state index in [9.17, 15) is 4.79 Å². The maximum absolute atomic E-state index is 11.8. The molecule has 0 aliphatic carbocycles. The molecule has 0 radical (unpaired) electrons. The smallest absolute Gasteiger partial charge is 0.339 e. The zero-order chi connectivity index (χ0) is 13.4. The van der Waals surface area contributed by atoms with Crippen molar-refractivity contribution in [2.45, 2.75) is 20.3 Å². The molecule has 0 unspecified atom stereocenters. The summed E-state index contributed by atoms with van der Waals surface area (Å²) >= 11 is 0. The average Bonchev–Trinajstić information content (AvgIpc) is 2.37. The van der Waals surface area contributed by atoms with Crippen LogP contribution >= 0.6 is 0 Å². The number of hydrogen-bond donors (Lipinski definition) is 1. The first-order chi connectivity index (χ1) is 8.69. The molecule has 0 saturated heterocycles. The van der Waals surface area contributed by atoms with Crippen molar-refractivity contribution in [3.05, 3.63) is 47.4 Å². The van der Waals surface area contributed by atoms with Crippen LogP contribution in [0, 0.1) is 0 Å². The first kappa shape index (κ1) is 14.1. The van der Waals surface area contributed by atoms with Crippen molar-refractivity contribution < 1.29 is 14.3 Å². The zero-order valence-electron chi connectivity index (χ0n) is 10.8. The summed E-state index contributed by atoms with van der Waals surface area (Å²) in [5, 5.41) is 0. The molecule has 2 N–H and O–H groups in total. The molecule has 0 spiro atoms. The number of carbonyl (C=O) groups excluding carboxylic acids is 1. The van der Waals surface area contributed by atoms with E-state index in [0.717, 1.165) is 5.56 Å². The van der Waals surface area contributed by atoms with Gasteiger partial charge in [-0.05, 0) is 19.4 Å². The van der Waals surface area contributed by atoms with Crippen molar-refractivity contribution in [1.82, 2.24) is 0 Å². The molecule has 98 valence electrons. The van der Waals surface area contributed by atoms with Crippen LogP contribution in [-0.4, -0.2) is 19.2 Å². The minimum absolute atomic E-state index is 0.139. The summed E-state index contributed by atoms with van der Waals surface area (Å²) in [6, 6.07) is 9.60. The third-order valence-corrected chi connectivity index (χ3v) is 2.34. The largest absolute Gasteiger partial charge is 0.479 e. The second-order valence-electron chi connectivity index (χ2n) is 3.66. The Morgan fingerprint density at radius 2 is 1.72 bits per heavy atom.